The maximum absolute atomic E-state index is 12.2. The van der Waals surface area contributed by atoms with Crippen LogP contribution in [0.1, 0.15) is 48.0 Å². The van der Waals surface area contributed by atoms with Crippen molar-refractivity contribution in [2.24, 2.45) is 0 Å². The molecule has 0 spiro atoms. The van der Waals surface area contributed by atoms with Crippen LogP contribution >= 0.6 is 45.3 Å². The standard InChI is InChI=1S/C26H29IN2O9S4/c1-3-17(14-24-29(9-4-5-11-41(31,32)33)25-21(39-24)16-22(27)40-25)13-23-28(10-6-12-42(34,35)36)19-15-18(26(30)37-2)7-8-20(19)38-23/h7-8,13-16H,3-6,9-12H2,1-2H3,(H-,31,32,33,34,35,36)/p-1. The fraction of sp³-hybridized carbons (Fsp3) is 0.385. The van der Waals surface area contributed by atoms with Crippen molar-refractivity contribution >= 4 is 92.8 Å². The first kappa shape index (κ1) is 32.8. The molecule has 42 heavy (non-hydrogen) atoms. The third-order valence-electron chi connectivity index (χ3n) is 6.35. The van der Waals surface area contributed by atoms with E-state index >= 15 is 0 Å². The number of anilines is 1. The van der Waals surface area contributed by atoms with Gasteiger partial charge in [0.25, 0.3) is 9.84 Å². The summed E-state index contributed by atoms with van der Waals surface area (Å²) in [5.74, 6) is -0.583. The Morgan fingerprint density at radius 3 is 2.48 bits per heavy atom. The maximum atomic E-state index is 12.2. The summed E-state index contributed by atoms with van der Waals surface area (Å²) in [7, 11) is -7.41. The predicted molar refractivity (Wildman–Crippen MR) is 168 cm³/mol. The molecule has 0 aliphatic carbocycles. The van der Waals surface area contributed by atoms with Gasteiger partial charge in [-0.25, -0.2) is 21.6 Å². The number of allylic oxidation sites excluding steroid dienone is 2. The van der Waals surface area contributed by atoms with Gasteiger partial charge in [0.05, 0.1) is 41.5 Å². The summed E-state index contributed by atoms with van der Waals surface area (Å²) in [6.45, 7) is 2.69. The van der Waals surface area contributed by atoms with Crippen LogP contribution in [0.4, 0.5) is 5.69 Å². The SMILES string of the molecule is CCC(=Cc1sc2cc(I)sc2[n+]1CCCCS(=O)(=O)[O-])C=C1Oc2ccc(C(=O)OC)cc2N1CCCS(=O)(=O)[O-]. The van der Waals surface area contributed by atoms with E-state index in [4.69, 9.17) is 9.47 Å². The predicted octanol–water partition coefficient (Wildman–Crippen LogP) is 4.44. The molecule has 1 aliphatic heterocycles. The number of nitrogens with zero attached hydrogens (tertiary/aromatic N) is 2. The third-order valence-corrected chi connectivity index (χ3v) is 11.1. The van der Waals surface area contributed by atoms with Gasteiger partial charge in [0.1, 0.15) is 4.70 Å². The van der Waals surface area contributed by atoms with Crippen LogP contribution in [0.3, 0.4) is 0 Å². The third kappa shape index (κ3) is 8.51. The van der Waals surface area contributed by atoms with E-state index < -0.39 is 37.7 Å². The normalized spacial score (nSPS) is 14.9. The van der Waals surface area contributed by atoms with Gasteiger partial charge in [0.15, 0.2) is 12.3 Å². The van der Waals surface area contributed by atoms with Crippen molar-refractivity contribution in [2.45, 2.75) is 39.2 Å². The van der Waals surface area contributed by atoms with E-state index in [-0.39, 0.29) is 19.4 Å². The molecule has 2 aromatic heterocycles. The molecule has 0 saturated heterocycles. The molecule has 1 aromatic carbocycles. The highest BCUT2D eigenvalue weighted by atomic mass is 127. The number of hydrogen-bond donors (Lipinski definition) is 0. The summed E-state index contributed by atoms with van der Waals surface area (Å²) in [6.07, 6.45) is 5.33. The summed E-state index contributed by atoms with van der Waals surface area (Å²) >= 11 is 5.49. The van der Waals surface area contributed by atoms with Crippen molar-refractivity contribution in [2.75, 3.05) is 30.1 Å². The van der Waals surface area contributed by atoms with E-state index in [0.29, 0.717) is 42.3 Å². The first-order chi connectivity index (χ1) is 19.8. The Hall–Kier alpha value is -2.09. The Labute approximate surface area is 266 Å². The van der Waals surface area contributed by atoms with Gasteiger partial charge in [-0.15, -0.1) is 0 Å². The van der Waals surface area contributed by atoms with Crippen LogP contribution in [0.15, 0.2) is 41.8 Å². The second-order valence-electron chi connectivity index (χ2n) is 9.38. The zero-order valence-electron chi connectivity index (χ0n) is 22.7. The van der Waals surface area contributed by atoms with Gasteiger partial charge in [-0.1, -0.05) is 29.6 Å². The second kappa shape index (κ2) is 13.7. The molecule has 3 aromatic rings. The second-order valence-corrected chi connectivity index (χ2v) is 16.4. The van der Waals surface area contributed by atoms with Crippen LogP contribution in [0, 0.1) is 2.88 Å². The number of carbonyl (C=O) groups is 1. The molecule has 0 atom stereocenters. The summed E-state index contributed by atoms with van der Waals surface area (Å²) in [6, 6.07) is 6.91. The number of aryl methyl sites for hydroxylation is 1. The van der Waals surface area contributed by atoms with Gasteiger partial charge in [0, 0.05) is 36.6 Å². The van der Waals surface area contributed by atoms with E-state index in [9.17, 15) is 30.7 Å². The molecule has 0 radical (unpaired) electrons. The fourth-order valence-electron chi connectivity index (χ4n) is 4.38. The van der Waals surface area contributed by atoms with Crippen molar-refractivity contribution in [1.82, 2.24) is 0 Å². The largest absolute Gasteiger partial charge is 0.748 e. The molecular weight excluding hydrogens is 739 g/mol. The minimum absolute atomic E-state index is 0.0541. The number of ether oxygens (including phenoxy) is 2. The average Bonchev–Trinajstić information content (AvgIpc) is 3.54. The Bertz CT molecular complexity index is 1760. The van der Waals surface area contributed by atoms with Crippen molar-refractivity contribution in [3.8, 4) is 5.75 Å². The number of fused-ring (bicyclic) bond motifs is 2. The number of carbonyl (C=O) groups excluding carboxylic acids is 1. The zero-order chi connectivity index (χ0) is 30.7. The summed E-state index contributed by atoms with van der Waals surface area (Å²) in [4.78, 5) is 14.9. The van der Waals surface area contributed by atoms with Gasteiger partial charge in [-0.2, -0.15) is 4.57 Å². The minimum atomic E-state index is -4.41. The van der Waals surface area contributed by atoms with Crippen molar-refractivity contribution in [3.05, 3.63) is 55.3 Å². The van der Waals surface area contributed by atoms with E-state index in [1.54, 1.807) is 45.8 Å². The minimum Gasteiger partial charge on any atom is -0.748 e. The molecule has 11 nitrogen and oxygen atoms in total. The lowest BCUT2D eigenvalue weighted by molar-refractivity contribution is -0.667. The monoisotopic (exact) mass is 767 g/mol. The van der Waals surface area contributed by atoms with Gasteiger partial charge in [-0.05, 0) is 71.7 Å². The van der Waals surface area contributed by atoms with E-state index in [2.05, 4.69) is 33.2 Å². The number of unbranched alkanes of at least 4 members (excludes halogenated alkanes) is 1. The quantitative estimate of drug-likeness (QED) is 0.0802. The van der Waals surface area contributed by atoms with E-state index in [1.807, 2.05) is 19.1 Å². The van der Waals surface area contributed by atoms with Crippen LogP contribution in [0.5, 0.6) is 5.75 Å². The topological polar surface area (TPSA) is 157 Å². The van der Waals surface area contributed by atoms with Crippen molar-refractivity contribution in [1.29, 1.82) is 0 Å². The van der Waals surface area contributed by atoms with Crippen LogP contribution < -0.4 is 14.2 Å². The number of esters is 1. The van der Waals surface area contributed by atoms with Gasteiger partial charge >= 0.3 is 5.97 Å². The van der Waals surface area contributed by atoms with Gasteiger partial charge in [-0.3, -0.25) is 0 Å². The highest BCUT2D eigenvalue weighted by molar-refractivity contribution is 14.1. The van der Waals surface area contributed by atoms with E-state index in [0.717, 1.165) is 23.0 Å². The van der Waals surface area contributed by atoms with Gasteiger partial charge in [0.2, 0.25) is 5.88 Å². The first-order valence-electron chi connectivity index (χ1n) is 12.9. The molecule has 0 saturated carbocycles. The molecule has 0 bridgehead atoms. The highest BCUT2D eigenvalue weighted by Crippen LogP contribution is 2.40. The number of benzene rings is 1. The molecule has 1 aliphatic rings. The number of halogens is 1. The number of rotatable bonds is 13. The Balaban J connectivity index is 1.68. The summed E-state index contributed by atoms with van der Waals surface area (Å²) in [5.41, 5.74) is 1.75. The number of aromatic nitrogens is 1. The molecule has 0 amide bonds. The Morgan fingerprint density at radius 2 is 1.81 bits per heavy atom. The average molecular weight is 768 g/mol. The van der Waals surface area contributed by atoms with Crippen LogP contribution in [-0.2, 0) is 31.5 Å². The molecule has 16 heteroatoms. The molecule has 3 heterocycles. The fourth-order valence-corrected chi connectivity index (χ4v) is 8.87. The van der Waals surface area contributed by atoms with Crippen molar-refractivity contribution < 1.29 is 44.8 Å². The first-order valence-corrected chi connectivity index (χ1v) is 18.7. The molecule has 0 N–H and O–H groups in total. The summed E-state index contributed by atoms with van der Waals surface area (Å²) in [5, 5.41) is 0.943. The summed E-state index contributed by atoms with van der Waals surface area (Å²) < 4.78 is 82.2. The van der Waals surface area contributed by atoms with Crippen LogP contribution in [0.2, 0.25) is 0 Å². The van der Waals surface area contributed by atoms with Crippen LogP contribution in [0.25, 0.3) is 15.6 Å². The molecule has 4 rings (SSSR count). The number of hydrogen-bond acceptors (Lipinski definition) is 12. The molecular formula is C26H28IN2O9S4-. The number of thiazole rings is 1. The maximum Gasteiger partial charge on any atom is 0.337 e. The molecule has 0 fully saturated rings. The highest BCUT2D eigenvalue weighted by Gasteiger charge is 2.28. The Morgan fingerprint density at radius 1 is 1.10 bits per heavy atom. The lowest BCUT2D eigenvalue weighted by atomic mass is 10.1. The zero-order valence-corrected chi connectivity index (χ0v) is 28.1. The lowest BCUT2D eigenvalue weighted by Crippen LogP contribution is -2.34. The smallest absolute Gasteiger partial charge is 0.337 e. The molecule has 228 valence electrons. The van der Waals surface area contributed by atoms with Crippen LogP contribution in [-0.4, -0.2) is 57.1 Å². The number of methoxy groups -OCH3 is 1. The van der Waals surface area contributed by atoms with E-state index in [1.165, 1.54) is 7.11 Å². The lowest BCUT2D eigenvalue weighted by Gasteiger charge is -2.19. The number of thiophene rings is 1. The van der Waals surface area contributed by atoms with Gasteiger partial charge < -0.3 is 23.5 Å². The Kier molecular flexibility index (Phi) is 10.7. The van der Waals surface area contributed by atoms with Crippen molar-refractivity contribution in [3.63, 3.8) is 0 Å². The molecule has 0 unspecified atom stereocenters.